The van der Waals surface area contributed by atoms with Crippen LogP contribution in [0.2, 0.25) is 0 Å². The van der Waals surface area contributed by atoms with Gasteiger partial charge in [-0.1, -0.05) is 12.1 Å². The summed E-state index contributed by atoms with van der Waals surface area (Å²) in [7, 11) is 0. The predicted octanol–water partition coefficient (Wildman–Crippen LogP) is 3.79. The van der Waals surface area contributed by atoms with E-state index in [1.165, 1.54) is 0 Å². The maximum atomic E-state index is 8.85. The van der Waals surface area contributed by atoms with Crippen LogP contribution >= 0.6 is 11.6 Å². The number of aryl methyl sites for hydroxylation is 1. The summed E-state index contributed by atoms with van der Waals surface area (Å²) in [5.74, 6) is 1.55. The zero-order valence-electron chi connectivity index (χ0n) is 9.85. The second-order valence-electron chi connectivity index (χ2n) is 3.83. The van der Waals surface area contributed by atoms with E-state index in [4.69, 9.17) is 21.6 Å². The van der Waals surface area contributed by atoms with Crippen LogP contribution < -0.4 is 4.74 Å². The molecule has 0 atom stereocenters. The van der Waals surface area contributed by atoms with Gasteiger partial charge in [0.25, 0.3) is 0 Å². The van der Waals surface area contributed by atoms with Crippen LogP contribution in [0.25, 0.3) is 0 Å². The molecule has 0 N–H and O–H groups in total. The van der Waals surface area contributed by atoms with Gasteiger partial charge in [-0.3, -0.25) is 0 Å². The first-order chi connectivity index (χ1) is 8.72. The van der Waals surface area contributed by atoms with Crippen molar-refractivity contribution in [3.05, 3.63) is 53.2 Å². The van der Waals surface area contributed by atoms with Gasteiger partial charge in [0.1, 0.15) is 5.75 Å². The summed E-state index contributed by atoms with van der Waals surface area (Å²) in [6, 6.07) is 11.0. The molecule has 1 heterocycles. The first-order valence-electron chi connectivity index (χ1n) is 5.42. The molecule has 1 aromatic carbocycles. The molecule has 0 unspecified atom stereocenters. The van der Waals surface area contributed by atoms with Gasteiger partial charge in [0, 0.05) is 18.1 Å². The summed E-state index contributed by atoms with van der Waals surface area (Å²) < 4.78 is 5.65. The Morgan fingerprint density at radius 1 is 1.33 bits per heavy atom. The number of aromatic nitrogens is 1. The third-order valence-electron chi connectivity index (χ3n) is 2.48. The van der Waals surface area contributed by atoms with Gasteiger partial charge in [0.2, 0.25) is 5.88 Å². The Kier molecular flexibility index (Phi) is 3.81. The van der Waals surface area contributed by atoms with Crippen molar-refractivity contribution in [2.24, 2.45) is 0 Å². The van der Waals surface area contributed by atoms with Crippen molar-refractivity contribution in [1.29, 1.82) is 5.26 Å². The van der Waals surface area contributed by atoms with Crippen LogP contribution in [0.4, 0.5) is 0 Å². The zero-order valence-corrected chi connectivity index (χ0v) is 10.6. The number of halogens is 1. The van der Waals surface area contributed by atoms with E-state index in [9.17, 15) is 0 Å². The molecule has 0 aliphatic rings. The average molecular weight is 259 g/mol. The second-order valence-corrected chi connectivity index (χ2v) is 4.10. The van der Waals surface area contributed by atoms with Crippen molar-refractivity contribution in [3.8, 4) is 17.7 Å². The fraction of sp³-hybridized carbons (Fsp3) is 0.143. The number of alkyl halides is 1. The summed E-state index contributed by atoms with van der Waals surface area (Å²) in [6.07, 6.45) is 1.67. The highest BCUT2D eigenvalue weighted by atomic mass is 35.5. The van der Waals surface area contributed by atoms with E-state index in [0.29, 0.717) is 23.1 Å². The van der Waals surface area contributed by atoms with E-state index < -0.39 is 0 Å². The number of rotatable bonds is 3. The van der Waals surface area contributed by atoms with E-state index in [0.717, 1.165) is 11.1 Å². The van der Waals surface area contributed by atoms with Gasteiger partial charge in [0.15, 0.2) is 0 Å². The second kappa shape index (κ2) is 5.52. The topological polar surface area (TPSA) is 45.9 Å². The third-order valence-corrected chi connectivity index (χ3v) is 2.79. The molecule has 1 aromatic heterocycles. The highest BCUT2D eigenvalue weighted by Gasteiger charge is 2.04. The third kappa shape index (κ3) is 2.79. The summed E-state index contributed by atoms with van der Waals surface area (Å²) in [5.41, 5.74) is 2.46. The molecule has 0 amide bonds. The van der Waals surface area contributed by atoms with Gasteiger partial charge in [0.05, 0.1) is 11.6 Å². The average Bonchev–Trinajstić information content (AvgIpc) is 2.42. The number of ether oxygens (including phenoxy) is 1. The van der Waals surface area contributed by atoms with E-state index in [1.54, 1.807) is 24.4 Å². The monoisotopic (exact) mass is 258 g/mol. The quantitative estimate of drug-likeness (QED) is 0.787. The van der Waals surface area contributed by atoms with Gasteiger partial charge >= 0.3 is 0 Å². The minimum atomic E-state index is 0.427. The molecule has 0 spiro atoms. The number of benzene rings is 1. The van der Waals surface area contributed by atoms with Crippen molar-refractivity contribution < 1.29 is 4.74 Å². The van der Waals surface area contributed by atoms with Crippen molar-refractivity contribution in [3.63, 3.8) is 0 Å². The molecule has 0 bridgehead atoms. The Morgan fingerprint density at radius 3 is 2.78 bits per heavy atom. The molecule has 90 valence electrons. The molecule has 0 saturated heterocycles. The molecule has 0 radical (unpaired) electrons. The Morgan fingerprint density at radius 2 is 2.17 bits per heavy atom. The van der Waals surface area contributed by atoms with E-state index in [2.05, 4.69) is 11.1 Å². The zero-order chi connectivity index (χ0) is 13.0. The van der Waals surface area contributed by atoms with Gasteiger partial charge in [-0.25, -0.2) is 4.98 Å². The highest BCUT2D eigenvalue weighted by Crippen LogP contribution is 2.24. The smallest absolute Gasteiger partial charge is 0.219 e. The SMILES string of the molecule is Cc1ccc(C#N)cc1Oc1ccc(CCl)cn1. The molecule has 3 nitrogen and oxygen atoms in total. The number of nitrogens with zero attached hydrogens (tertiary/aromatic N) is 2. The number of nitriles is 1. The van der Waals surface area contributed by atoms with Crippen LogP contribution in [0, 0.1) is 18.3 Å². The molecule has 0 fully saturated rings. The van der Waals surface area contributed by atoms with E-state index in [-0.39, 0.29) is 0 Å². The number of pyridine rings is 1. The predicted molar refractivity (Wildman–Crippen MR) is 69.8 cm³/mol. The van der Waals surface area contributed by atoms with E-state index >= 15 is 0 Å². The van der Waals surface area contributed by atoms with Crippen molar-refractivity contribution in [2.45, 2.75) is 12.8 Å². The van der Waals surface area contributed by atoms with Crippen LogP contribution in [0.1, 0.15) is 16.7 Å². The summed E-state index contributed by atoms with van der Waals surface area (Å²) in [5, 5.41) is 8.85. The van der Waals surface area contributed by atoms with Crippen LogP contribution in [0.3, 0.4) is 0 Å². The van der Waals surface area contributed by atoms with Crippen molar-refractivity contribution in [1.82, 2.24) is 4.98 Å². The molecule has 0 aliphatic heterocycles. The van der Waals surface area contributed by atoms with Gasteiger partial charge in [-0.15, -0.1) is 11.6 Å². The van der Waals surface area contributed by atoms with Gasteiger partial charge in [-0.2, -0.15) is 5.26 Å². The minimum absolute atomic E-state index is 0.427. The standard InChI is InChI=1S/C14H11ClN2O/c1-10-2-3-11(8-16)6-13(10)18-14-5-4-12(7-15)9-17-14/h2-6,9H,7H2,1H3. The lowest BCUT2D eigenvalue weighted by Gasteiger charge is -2.08. The van der Waals surface area contributed by atoms with E-state index in [1.807, 2.05) is 19.1 Å². The van der Waals surface area contributed by atoms with Crippen LogP contribution in [0.5, 0.6) is 11.6 Å². The lowest BCUT2D eigenvalue weighted by molar-refractivity contribution is 0.459. The molecule has 4 heteroatoms. The Bertz CT molecular complexity index is 588. The molecule has 2 aromatic rings. The highest BCUT2D eigenvalue weighted by molar-refractivity contribution is 6.17. The maximum absolute atomic E-state index is 8.85. The molecule has 0 aliphatic carbocycles. The lowest BCUT2D eigenvalue weighted by atomic mass is 10.1. The van der Waals surface area contributed by atoms with Crippen molar-refractivity contribution in [2.75, 3.05) is 0 Å². The summed E-state index contributed by atoms with van der Waals surface area (Å²) >= 11 is 5.69. The van der Waals surface area contributed by atoms with Gasteiger partial charge < -0.3 is 4.74 Å². The van der Waals surface area contributed by atoms with Crippen molar-refractivity contribution >= 4 is 11.6 Å². The van der Waals surface area contributed by atoms with Crippen LogP contribution in [0.15, 0.2) is 36.5 Å². The maximum Gasteiger partial charge on any atom is 0.219 e. The lowest BCUT2D eigenvalue weighted by Crippen LogP contribution is -1.91. The summed E-state index contributed by atoms with van der Waals surface area (Å²) in [6.45, 7) is 1.92. The normalized spacial score (nSPS) is 9.83. The molecular formula is C14H11ClN2O. The molecule has 2 rings (SSSR count). The first-order valence-corrected chi connectivity index (χ1v) is 5.96. The Labute approximate surface area is 111 Å². The minimum Gasteiger partial charge on any atom is -0.439 e. The molecular weight excluding hydrogens is 248 g/mol. The van der Waals surface area contributed by atoms with Gasteiger partial charge in [-0.05, 0) is 30.2 Å². The molecule has 18 heavy (non-hydrogen) atoms. The molecule has 0 saturated carbocycles. The number of hydrogen-bond acceptors (Lipinski definition) is 3. The Balaban J connectivity index is 2.25. The largest absolute Gasteiger partial charge is 0.439 e. The number of hydrogen-bond donors (Lipinski definition) is 0. The summed E-state index contributed by atoms with van der Waals surface area (Å²) in [4.78, 5) is 4.15. The fourth-order valence-corrected chi connectivity index (χ4v) is 1.60. The Hall–Kier alpha value is -2.05. The van der Waals surface area contributed by atoms with Crippen LogP contribution in [-0.4, -0.2) is 4.98 Å². The van der Waals surface area contributed by atoms with Crippen LogP contribution in [-0.2, 0) is 5.88 Å². The first kappa shape index (κ1) is 12.4. The fourth-order valence-electron chi connectivity index (χ4n) is 1.44.